The van der Waals surface area contributed by atoms with Gasteiger partial charge in [0, 0.05) is 17.6 Å². The van der Waals surface area contributed by atoms with E-state index < -0.39 is 5.97 Å². The minimum atomic E-state index is -0.451. The summed E-state index contributed by atoms with van der Waals surface area (Å²) in [4.78, 5) is 17.9. The van der Waals surface area contributed by atoms with Crippen molar-refractivity contribution in [2.24, 2.45) is 0 Å². The van der Waals surface area contributed by atoms with Gasteiger partial charge >= 0.3 is 5.97 Å². The molecule has 1 aliphatic heterocycles. The maximum Gasteiger partial charge on any atom is 0.356 e. The number of hydrogen-bond donors (Lipinski definition) is 0. The molecule has 5 heteroatoms. The zero-order chi connectivity index (χ0) is 13.5. The molecule has 0 saturated heterocycles. The lowest BCUT2D eigenvalue weighted by Gasteiger charge is -2.32. The molecule has 0 bridgehead atoms. The predicted molar refractivity (Wildman–Crippen MR) is 69.7 cm³/mol. The van der Waals surface area contributed by atoms with Crippen molar-refractivity contribution in [1.82, 2.24) is 9.88 Å². The molecule has 0 spiro atoms. The third-order valence-corrected chi connectivity index (χ3v) is 4.29. The predicted octanol–water partition coefficient (Wildman–Crippen LogP) is 2.59. The first kappa shape index (κ1) is 13.3. The molecule has 0 N–H and O–H groups in total. The molecule has 1 aromatic heterocycles. The van der Waals surface area contributed by atoms with Gasteiger partial charge in [0.05, 0.1) is 7.11 Å². The van der Waals surface area contributed by atoms with E-state index in [9.17, 15) is 4.79 Å². The van der Waals surface area contributed by atoms with E-state index in [0.29, 0.717) is 5.15 Å². The second-order valence-corrected chi connectivity index (χ2v) is 5.16. The Morgan fingerprint density at radius 2 is 2.33 bits per heavy atom. The van der Waals surface area contributed by atoms with E-state index in [0.717, 1.165) is 24.1 Å². The first-order chi connectivity index (χ1) is 8.43. The van der Waals surface area contributed by atoms with Crippen LogP contribution in [0.1, 0.15) is 41.9 Å². The van der Waals surface area contributed by atoms with E-state index in [1.54, 1.807) is 6.07 Å². The monoisotopic (exact) mass is 268 g/mol. The summed E-state index contributed by atoms with van der Waals surface area (Å²) in [6.07, 6.45) is 0.942. The summed E-state index contributed by atoms with van der Waals surface area (Å²) in [6, 6.07) is 1.81. The highest BCUT2D eigenvalue weighted by Crippen LogP contribution is 2.42. The third-order valence-electron chi connectivity index (χ3n) is 3.97. The first-order valence-electron chi connectivity index (χ1n) is 5.93. The van der Waals surface area contributed by atoms with E-state index >= 15 is 0 Å². The topological polar surface area (TPSA) is 42.4 Å². The lowest BCUT2D eigenvalue weighted by Crippen LogP contribution is -2.34. The quantitative estimate of drug-likeness (QED) is 0.611. The Bertz CT molecular complexity index is 504. The van der Waals surface area contributed by atoms with Crippen molar-refractivity contribution >= 4 is 17.6 Å². The van der Waals surface area contributed by atoms with Crippen molar-refractivity contribution in [3.63, 3.8) is 0 Å². The van der Waals surface area contributed by atoms with Gasteiger partial charge in [0.2, 0.25) is 0 Å². The van der Waals surface area contributed by atoms with Gasteiger partial charge in [0.1, 0.15) is 10.8 Å². The summed E-state index contributed by atoms with van der Waals surface area (Å²) in [7, 11) is 3.40. The lowest BCUT2D eigenvalue weighted by molar-refractivity contribution is 0.0593. The standard InChI is InChI=1S/C13H17ClN2O2/c1-5-13(2)9-6-10(12(17)18-4)15-11(14)8(9)7-16(13)3/h6H,5,7H2,1-4H3. The van der Waals surface area contributed by atoms with Gasteiger partial charge in [0.25, 0.3) is 0 Å². The van der Waals surface area contributed by atoms with Gasteiger partial charge in [-0.15, -0.1) is 0 Å². The highest BCUT2D eigenvalue weighted by atomic mass is 35.5. The summed E-state index contributed by atoms with van der Waals surface area (Å²) in [5, 5.41) is 0.400. The van der Waals surface area contributed by atoms with Crippen LogP contribution < -0.4 is 0 Å². The zero-order valence-electron chi connectivity index (χ0n) is 11.1. The number of carbonyl (C=O) groups is 1. The van der Waals surface area contributed by atoms with Crippen molar-refractivity contribution < 1.29 is 9.53 Å². The molecule has 1 unspecified atom stereocenters. The van der Waals surface area contributed by atoms with E-state index in [4.69, 9.17) is 16.3 Å². The number of pyridine rings is 1. The minimum Gasteiger partial charge on any atom is -0.464 e. The van der Waals surface area contributed by atoms with Crippen LogP contribution in [0.2, 0.25) is 5.15 Å². The number of fused-ring (bicyclic) bond motifs is 1. The highest BCUT2D eigenvalue weighted by molar-refractivity contribution is 6.30. The molecule has 1 aliphatic rings. The Morgan fingerprint density at radius 1 is 1.67 bits per heavy atom. The summed E-state index contributed by atoms with van der Waals surface area (Å²) in [5.41, 5.74) is 2.25. The third kappa shape index (κ3) is 1.80. The summed E-state index contributed by atoms with van der Waals surface area (Å²) < 4.78 is 4.71. The summed E-state index contributed by atoms with van der Waals surface area (Å²) in [6.45, 7) is 5.03. The largest absolute Gasteiger partial charge is 0.464 e. The Hall–Kier alpha value is -1.13. The molecule has 0 amide bonds. The van der Waals surface area contributed by atoms with E-state index in [1.807, 2.05) is 0 Å². The van der Waals surface area contributed by atoms with Crippen LogP contribution in [0.25, 0.3) is 0 Å². The molecule has 0 fully saturated rings. The fourth-order valence-corrected chi connectivity index (χ4v) is 2.71. The number of aromatic nitrogens is 1. The molecule has 1 aromatic rings. The minimum absolute atomic E-state index is 0.106. The van der Waals surface area contributed by atoms with Gasteiger partial charge in [-0.25, -0.2) is 9.78 Å². The van der Waals surface area contributed by atoms with Gasteiger partial charge in [-0.3, -0.25) is 4.90 Å². The Kier molecular flexibility index (Phi) is 3.34. The maximum absolute atomic E-state index is 11.6. The van der Waals surface area contributed by atoms with Gasteiger partial charge in [0.15, 0.2) is 0 Å². The van der Waals surface area contributed by atoms with Crippen LogP contribution in [0.3, 0.4) is 0 Å². The van der Waals surface area contributed by atoms with Crippen LogP contribution in [-0.4, -0.2) is 30.0 Å². The van der Waals surface area contributed by atoms with Crippen LogP contribution >= 0.6 is 11.6 Å². The number of methoxy groups -OCH3 is 1. The van der Waals surface area contributed by atoms with Crippen LogP contribution in [0.15, 0.2) is 6.07 Å². The molecule has 0 saturated carbocycles. The zero-order valence-corrected chi connectivity index (χ0v) is 11.8. The second-order valence-electron chi connectivity index (χ2n) is 4.80. The number of halogens is 1. The molecular weight excluding hydrogens is 252 g/mol. The highest BCUT2D eigenvalue weighted by Gasteiger charge is 2.39. The van der Waals surface area contributed by atoms with Crippen molar-refractivity contribution in [1.29, 1.82) is 0 Å². The molecule has 0 radical (unpaired) electrons. The van der Waals surface area contributed by atoms with Gasteiger partial charge in [-0.05, 0) is 32.0 Å². The average molecular weight is 269 g/mol. The van der Waals surface area contributed by atoms with E-state index in [-0.39, 0.29) is 11.2 Å². The normalized spacial score (nSPS) is 22.9. The van der Waals surface area contributed by atoms with Gasteiger partial charge in [-0.1, -0.05) is 18.5 Å². The lowest BCUT2D eigenvalue weighted by atomic mass is 9.89. The Balaban J connectivity index is 2.60. The van der Waals surface area contributed by atoms with Crippen LogP contribution in [0.5, 0.6) is 0 Å². The fraction of sp³-hybridized carbons (Fsp3) is 0.538. The maximum atomic E-state index is 11.6. The second kappa shape index (κ2) is 4.52. The van der Waals surface area contributed by atoms with Crippen molar-refractivity contribution in [3.8, 4) is 0 Å². The molecule has 2 rings (SSSR count). The van der Waals surface area contributed by atoms with Crippen molar-refractivity contribution in [2.45, 2.75) is 32.4 Å². The molecular formula is C13H17ClN2O2. The Morgan fingerprint density at radius 3 is 2.89 bits per heavy atom. The van der Waals surface area contributed by atoms with Gasteiger partial charge < -0.3 is 4.74 Å². The van der Waals surface area contributed by atoms with Gasteiger partial charge in [-0.2, -0.15) is 0 Å². The molecule has 2 heterocycles. The van der Waals surface area contributed by atoms with Crippen molar-refractivity contribution in [3.05, 3.63) is 28.0 Å². The van der Waals surface area contributed by atoms with Crippen molar-refractivity contribution in [2.75, 3.05) is 14.2 Å². The molecule has 0 aromatic carbocycles. The van der Waals surface area contributed by atoms with E-state index in [2.05, 4.69) is 30.8 Å². The molecule has 4 nitrogen and oxygen atoms in total. The number of ether oxygens (including phenoxy) is 1. The van der Waals surface area contributed by atoms with Crippen LogP contribution in [-0.2, 0) is 16.8 Å². The summed E-state index contributed by atoms with van der Waals surface area (Å²) in [5.74, 6) is -0.451. The molecule has 1 atom stereocenters. The average Bonchev–Trinajstić information content (AvgIpc) is 2.63. The first-order valence-corrected chi connectivity index (χ1v) is 6.31. The molecule has 98 valence electrons. The fourth-order valence-electron chi connectivity index (χ4n) is 2.46. The summed E-state index contributed by atoms with van der Waals surface area (Å²) >= 11 is 6.18. The number of carbonyl (C=O) groups excluding carboxylic acids is 1. The molecule has 0 aliphatic carbocycles. The van der Waals surface area contributed by atoms with E-state index in [1.165, 1.54) is 7.11 Å². The van der Waals surface area contributed by atoms with Crippen LogP contribution in [0.4, 0.5) is 0 Å². The Labute approximate surface area is 112 Å². The smallest absolute Gasteiger partial charge is 0.356 e. The number of hydrogen-bond acceptors (Lipinski definition) is 4. The SMILES string of the molecule is CCC1(C)c2cc(C(=O)OC)nc(Cl)c2CN1C. The number of esters is 1. The number of rotatable bonds is 2. The molecule has 18 heavy (non-hydrogen) atoms. The van der Waals surface area contributed by atoms with Crippen LogP contribution in [0, 0.1) is 0 Å². The number of nitrogens with zero attached hydrogens (tertiary/aromatic N) is 2.